The molecule has 7 heteroatoms. The number of aliphatic imine (C=N–C) groups is 1. The number of nitrogens with one attached hydrogen (secondary N) is 2. The quantitative estimate of drug-likeness (QED) is 0.893. The summed E-state index contributed by atoms with van der Waals surface area (Å²) in [5.74, 6) is -0.169. The van der Waals surface area contributed by atoms with Gasteiger partial charge >= 0.3 is 0 Å². The normalized spacial score (nSPS) is 17.5. The molecular weight excluding hydrogens is 305 g/mol. The van der Waals surface area contributed by atoms with E-state index in [1.54, 1.807) is 24.3 Å². The molecule has 1 aliphatic heterocycles. The van der Waals surface area contributed by atoms with Crippen LogP contribution >= 0.6 is 0 Å². The molecule has 114 valence electrons. The minimum Gasteiger partial charge on any atom is -0.324 e. The molecule has 0 aromatic heterocycles. The molecule has 2 aromatic rings. The lowest BCUT2D eigenvalue weighted by Crippen LogP contribution is -2.40. The van der Waals surface area contributed by atoms with E-state index in [1.807, 2.05) is 13.0 Å². The topological polar surface area (TPSA) is 70.6 Å². The summed E-state index contributed by atoms with van der Waals surface area (Å²) in [6, 6.07) is 11.0. The Morgan fingerprint density at radius 2 is 1.86 bits per heavy atom. The van der Waals surface area contributed by atoms with E-state index in [9.17, 15) is 12.8 Å². The van der Waals surface area contributed by atoms with Gasteiger partial charge in [-0.1, -0.05) is 18.2 Å². The molecule has 0 saturated carbocycles. The second-order valence-electron chi connectivity index (χ2n) is 5.02. The first-order chi connectivity index (χ1) is 10.4. The smallest absolute Gasteiger partial charge is 0.266 e. The van der Waals surface area contributed by atoms with Gasteiger partial charge in [-0.15, -0.1) is 0 Å². The first-order valence-corrected chi connectivity index (χ1v) is 8.12. The fourth-order valence-electron chi connectivity index (χ4n) is 2.12. The number of hydrogen-bond acceptors (Lipinski definition) is 3. The summed E-state index contributed by atoms with van der Waals surface area (Å²) >= 11 is 0. The van der Waals surface area contributed by atoms with Crippen LogP contribution in [0.15, 0.2) is 52.4 Å². The molecule has 3 rings (SSSR count). The molecule has 0 atom stereocenters. The fourth-order valence-corrected chi connectivity index (χ4v) is 3.35. The van der Waals surface area contributed by atoms with E-state index < -0.39 is 10.0 Å². The summed E-state index contributed by atoms with van der Waals surface area (Å²) in [5, 5.41) is 2.95. The number of anilines is 1. The van der Waals surface area contributed by atoms with Crippen molar-refractivity contribution in [2.24, 2.45) is 4.99 Å². The van der Waals surface area contributed by atoms with E-state index in [0.717, 1.165) is 11.1 Å². The predicted molar refractivity (Wildman–Crippen MR) is 82.7 cm³/mol. The molecular formula is C15H14FN3O2S. The Hall–Kier alpha value is -2.41. The zero-order chi connectivity index (χ0) is 15.7. The highest BCUT2D eigenvalue weighted by molar-refractivity contribution is 7.90. The third kappa shape index (κ3) is 2.94. The summed E-state index contributed by atoms with van der Waals surface area (Å²) in [5.41, 5.74) is 2.13. The maximum atomic E-state index is 12.8. The lowest BCUT2D eigenvalue weighted by atomic mass is 10.2. The SMILES string of the molecule is Cc1ccc2c(c1)S(=O)(=O)NC(=NCc1ccc(F)cc1)N2. The zero-order valence-corrected chi connectivity index (χ0v) is 12.6. The van der Waals surface area contributed by atoms with Gasteiger partial charge in [0, 0.05) is 0 Å². The van der Waals surface area contributed by atoms with Crippen molar-refractivity contribution in [1.82, 2.24) is 4.72 Å². The molecule has 0 radical (unpaired) electrons. The molecule has 0 saturated heterocycles. The molecule has 2 N–H and O–H groups in total. The van der Waals surface area contributed by atoms with Gasteiger partial charge in [-0.3, -0.25) is 0 Å². The van der Waals surface area contributed by atoms with Crippen molar-refractivity contribution < 1.29 is 12.8 Å². The second kappa shape index (κ2) is 5.42. The molecule has 0 fully saturated rings. The molecule has 22 heavy (non-hydrogen) atoms. The third-order valence-electron chi connectivity index (χ3n) is 3.24. The van der Waals surface area contributed by atoms with Gasteiger partial charge in [-0.25, -0.2) is 22.5 Å². The van der Waals surface area contributed by atoms with Crippen LogP contribution in [0.5, 0.6) is 0 Å². The number of hydrogen-bond donors (Lipinski definition) is 2. The Kier molecular flexibility index (Phi) is 3.58. The number of halogens is 1. The van der Waals surface area contributed by atoms with E-state index in [1.165, 1.54) is 12.1 Å². The van der Waals surface area contributed by atoms with E-state index in [4.69, 9.17) is 0 Å². The lowest BCUT2D eigenvalue weighted by molar-refractivity contribution is 0.591. The van der Waals surface area contributed by atoms with Crippen molar-refractivity contribution >= 4 is 21.7 Å². The van der Waals surface area contributed by atoms with Gasteiger partial charge < -0.3 is 5.32 Å². The van der Waals surface area contributed by atoms with Gasteiger partial charge in [-0.2, -0.15) is 0 Å². The summed E-state index contributed by atoms with van der Waals surface area (Å²) in [6.45, 7) is 2.07. The van der Waals surface area contributed by atoms with Crippen LogP contribution in [-0.2, 0) is 16.6 Å². The van der Waals surface area contributed by atoms with Crippen LogP contribution in [0.1, 0.15) is 11.1 Å². The average molecular weight is 319 g/mol. The highest BCUT2D eigenvalue weighted by Crippen LogP contribution is 2.25. The van der Waals surface area contributed by atoms with Crippen molar-refractivity contribution in [3.05, 3.63) is 59.4 Å². The van der Waals surface area contributed by atoms with Gasteiger partial charge in [0.05, 0.1) is 12.2 Å². The number of aryl methyl sites for hydroxylation is 1. The molecule has 0 bridgehead atoms. The highest BCUT2D eigenvalue weighted by Gasteiger charge is 2.26. The van der Waals surface area contributed by atoms with Crippen molar-refractivity contribution in [2.75, 3.05) is 5.32 Å². The first kappa shape index (κ1) is 14.5. The third-order valence-corrected chi connectivity index (χ3v) is 4.62. The highest BCUT2D eigenvalue weighted by atomic mass is 32.2. The second-order valence-corrected chi connectivity index (χ2v) is 6.67. The maximum absolute atomic E-state index is 12.8. The molecule has 0 spiro atoms. The number of guanidine groups is 1. The van der Waals surface area contributed by atoms with Crippen LogP contribution in [0, 0.1) is 12.7 Å². The van der Waals surface area contributed by atoms with Gasteiger partial charge in [0.25, 0.3) is 10.0 Å². The van der Waals surface area contributed by atoms with Crippen molar-refractivity contribution in [2.45, 2.75) is 18.4 Å². The Labute approximate surface area is 127 Å². The predicted octanol–water partition coefficient (Wildman–Crippen LogP) is 2.39. The average Bonchev–Trinajstić information content (AvgIpc) is 2.47. The summed E-state index contributed by atoms with van der Waals surface area (Å²) in [4.78, 5) is 4.39. The lowest BCUT2D eigenvalue weighted by Gasteiger charge is -2.21. The van der Waals surface area contributed by atoms with Crippen molar-refractivity contribution in [3.63, 3.8) is 0 Å². The monoisotopic (exact) mass is 319 g/mol. The number of benzene rings is 2. The number of sulfonamides is 1. The van der Waals surface area contributed by atoms with Crippen molar-refractivity contribution in [3.8, 4) is 0 Å². The van der Waals surface area contributed by atoms with E-state index in [2.05, 4.69) is 15.0 Å². The zero-order valence-electron chi connectivity index (χ0n) is 11.8. The van der Waals surface area contributed by atoms with Gasteiger partial charge in [0.15, 0.2) is 0 Å². The van der Waals surface area contributed by atoms with Gasteiger partial charge in [-0.05, 0) is 42.3 Å². The molecule has 5 nitrogen and oxygen atoms in total. The summed E-state index contributed by atoms with van der Waals surface area (Å²) in [6.07, 6.45) is 0. The number of fused-ring (bicyclic) bond motifs is 1. The Morgan fingerprint density at radius 1 is 1.14 bits per heavy atom. The largest absolute Gasteiger partial charge is 0.324 e. The van der Waals surface area contributed by atoms with Crippen LogP contribution in [0.25, 0.3) is 0 Å². The summed E-state index contributed by atoms with van der Waals surface area (Å²) in [7, 11) is -3.63. The van der Waals surface area contributed by atoms with Gasteiger partial charge in [0.1, 0.15) is 10.7 Å². The minimum atomic E-state index is -3.63. The summed E-state index contributed by atoms with van der Waals surface area (Å²) < 4.78 is 39.7. The van der Waals surface area contributed by atoms with Crippen LogP contribution < -0.4 is 10.0 Å². The van der Waals surface area contributed by atoms with Crippen LogP contribution in [0.4, 0.5) is 10.1 Å². The van der Waals surface area contributed by atoms with Gasteiger partial charge in [0.2, 0.25) is 5.96 Å². The molecule has 2 aromatic carbocycles. The van der Waals surface area contributed by atoms with Crippen LogP contribution in [-0.4, -0.2) is 14.4 Å². The van der Waals surface area contributed by atoms with E-state index >= 15 is 0 Å². The van der Waals surface area contributed by atoms with Crippen LogP contribution in [0.2, 0.25) is 0 Å². The number of rotatable bonds is 2. The molecule has 0 amide bonds. The van der Waals surface area contributed by atoms with E-state index in [0.29, 0.717) is 5.69 Å². The van der Waals surface area contributed by atoms with E-state index in [-0.39, 0.29) is 23.2 Å². The maximum Gasteiger partial charge on any atom is 0.266 e. The Balaban J connectivity index is 1.87. The molecule has 0 unspecified atom stereocenters. The van der Waals surface area contributed by atoms with Crippen LogP contribution in [0.3, 0.4) is 0 Å². The first-order valence-electron chi connectivity index (χ1n) is 6.63. The van der Waals surface area contributed by atoms with Crippen molar-refractivity contribution in [1.29, 1.82) is 0 Å². The number of nitrogens with zero attached hydrogens (tertiary/aromatic N) is 1. The minimum absolute atomic E-state index is 0.153. The molecule has 1 aliphatic rings. The Bertz CT molecular complexity index is 846. The molecule has 1 heterocycles. The fraction of sp³-hybridized carbons (Fsp3) is 0.133. The molecule has 0 aliphatic carbocycles. The Morgan fingerprint density at radius 3 is 2.59 bits per heavy atom. The standard InChI is InChI=1S/C15H14FN3O2S/c1-10-2-7-13-14(8-10)22(20,21)19-15(18-13)17-9-11-3-5-12(16)6-4-11/h2-8H,9H2,1H3,(H2,17,18,19).